The van der Waals surface area contributed by atoms with Gasteiger partial charge < -0.3 is 20.4 Å². The fourth-order valence-electron chi connectivity index (χ4n) is 1.64. The summed E-state index contributed by atoms with van der Waals surface area (Å²) in [6.45, 7) is 1.70. The predicted octanol–water partition coefficient (Wildman–Crippen LogP) is 1.82. The first-order valence-corrected chi connectivity index (χ1v) is 6.69. The second-order valence-corrected chi connectivity index (χ2v) is 5.02. The Morgan fingerprint density at radius 3 is 3.16 bits per heavy atom. The van der Waals surface area contributed by atoms with Gasteiger partial charge in [-0.05, 0) is 12.5 Å². The average Bonchev–Trinajstić information content (AvgIpc) is 3.03. The number of methoxy groups -OCH3 is 1. The van der Waals surface area contributed by atoms with E-state index in [9.17, 15) is 4.79 Å². The third-order valence-electron chi connectivity index (χ3n) is 2.58. The van der Waals surface area contributed by atoms with E-state index in [4.69, 9.17) is 5.73 Å². The number of hydrogen-bond acceptors (Lipinski definition) is 6. The van der Waals surface area contributed by atoms with E-state index in [2.05, 4.69) is 15.0 Å². The molecule has 6 nitrogen and oxygen atoms in total. The van der Waals surface area contributed by atoms with Gasteiger partial charge in [0.15, 0.2) is 0 Å². The van der Waals surface area contributed by atoms with Gasteiger partial charge in [0.05, 0.1) is 24.1 Å². The number of ether oxygens (including phenoxy) is 1. The third-order valence-corrected chi connectivity index (χ3v) is 3.67. The maximum absolute atomic E-state index is 11.4. The van der Waals surface area contributed by atoms with Crippen molar-refractivity contribution < 1.29 is 9.53 Å². The topological polar surface area (TPSA) is 82.2 Å². The minimum Gasteiger partial charge on any atom is -0.465 e. The molecule has 0 unspecified atom stereocenters. The zero-order chi connectivity index (χ0) is 13.7. The van der Waals surface area contributed by atoms with E-state index in [1.807, 2.05) is 10.8 Å². The van der Waals surface area contributed by atoms with Gasteiger partial charge in [-0.3, -0.25) is 0 Å². The van der Waals surface area contributed by atoms with E-state index in [0.29, 0.717) is 10.6 Å². The number of anilines is 2. The highest BCUT2D eigenvalue weighted by Crippen LogP contribution is 2.29. The van der Waals surface area contributed by atoms with Crippen LogP contribution in [0.4, 0.5) is 10.7 Å². The summed E-state index contributed by atoms with van der Waals surface area (Å²) >= 11 is 1.31. The van der Waals surface area contributed by atoms with Crippen molar-refractivity contribution in [3.05, 3.63) is 29.7 Å². The Kier molecular flexibility index (Phi) is 4.40. The van der Waals surface area contributed by atoms with Crippen LogP contribution < -0.4 is 11.1 Å². The first-order valence-electron chi connectivity index (χ1n) is 5.88. The smallest absolute Gasteiger partial charge is 0.350 e. The Morgan fingerprint density at radius 1 is 1.63 bits per heavy atom. The monoisotopic (exact) mass is 280 g/mol. The molecule has 0 aromatic carbocycles. The highest BCUT2D eigenvalue weighted by atomic mass is 32.1. The summed E-state index contributed by atoms with van der Waals surface area (Å²) in [6.07, 6.45) is 6.44. The predicted molar refractivity (Wildman–Crippen MR) is 75.4 cm³/mol. The lowest BCUT2D eigenvalue weighted by Crippen LogP contribution is -2.04. The Labute approximate surface area is 115 Å². The molecule has 19 heavy (non-hydrogen) atoms. The second kappa shape index (κ2) is 6.24. The second-order valence-electron chi connectivity index (χ2n) is 3.97. The van der Waals surface area contributed by atoms with Crippen LogP contribution >= 0.6 is 11.3 Å². The molecule has 102 valence electrons. The summed E-state index contributed by atoms with van der Waals surface area (Å²) in [7, 11) is 1.35. The normalized spacial score (nSPS) is 10.4. The van der Waals surface area contributed by atoms with Crippen molar-refractivity contribution in [3.63, 3.8) is 0 Å². The minimum absolute atomic E-state index is 0.394. The first-order chi connectivity index (χ1) is 9.20. The van der Waals surface area contributed by atoms with Crippen molar-refractivity contribution in [2.45, 2.75) is 13.0 Å². The molecule has 2 aromatic rings. The van der Waals surface area contributed by atoms with Gasteiger partial charge in [-0.25, -0.2) is 9.78 Å². The van der Waals surface area contributed by atoms with Crippen LogP contribution in [0.2, 0.25) is 0 Å². The van der Waals surface area contributed by atoms with Crippen LogP contribution in [0, 0.1) is 0 Å². The standard InChI is InChI=1S/C12H16N4O2S/c1-18-12(17)11-9(13)7-10(19-11)15-3-2-5-16-6-4-14-8-16/h4,6-8,15H,2-3,5,13H2,1H3. The van der Waals surface area contributed by atoms with Gasteiger partial charge in [-0.2, -0.15) is 0 Å². The molecule has 3 N–H and O–H groups in total. The Morgan fingerprint density at radius 2 is 2.47 bits per heavy atom. The molecule has 0 atom stereocenters. The molecule has 0 fully saturated rings. The summed E-state index contributed by atoms with van der Waals surface area (Å²) in [6, 6.07) is 1.76. The number of nitrogen functional groups attached to an aromatic ring is 1. The number of imidazole rings is 1. The van der Waals surface area contributed by atoms with Crippen LogP contribution in [-0.4, -0.2) is 29.2 Å². The number of rotatable bonds is 6. The average molecular weight is 280 g/mol. The highest BCUT2D eigenvalue weighted by Gasteiger charge is 2.14. The molecule has 2 aromatic heterocycles. The van der Waals surface area contributed by atoms with E-state index in [1.54, 1.807) is 18.6 Å². The summed E-state index contributed by atoms with van der Waals surface area (Å²) in [5.74, 6) is -0.394. The molecular formula is C12H16N4O2S. The lowest BCUT2D eigenvalue weighted by Gasteiger charge is -2.03. The number of carbonyl (C=O) groups excluding carboxylic acids is 1. The Bertz CT molecular complexity index is 536. The maximum Gasteiger partial charge on any atom is 0.350 e. The molecule has 0 spiro atoms. The van der Waals surface area contributed by atoms with Crippen LogP contribution in [0.25, 0.3) is 0 Å². The Balaban J connectivity index is 1.81. The van der Waals surface area contributed by atoms with Crippen LogP contribution in [0.15, 0.2) is 24.8 Å². The molecule has 0 amide bonds. The number of nitrogens with one attached hydrogen (secondary N) is 1. The minimum atomic E-state index is -0.394. The number of thiophene rings is 1. The Hall–Kier alpha value is -2.02. The largest absolute Gasteiger partial charge is 0.465 e. The van der Waals surface area contributed by atoms with E-state index >= 15 is 0 Å². The van der Waals surface area contributed by atoms with Crippen molar-refractivity contribution in [2.75, 3.05) is 24.7 Å². The molecule has 2 rings (SSSR count). The zero-order valence-corrected chi connectivity index (χ0v) is 11.4. The van der Waals surface area contributed by atoms with Gasteiger partial charge >= 0.3 is 5.97 Å². The number of carbonyl (C=O) groups is 1. The van der Waals surface area contributed by atoms with Crippen LogP contribution in [0.3, 0.4) is 0 Å². The third kappa shape index (κ3) is 3.47. The number of aromatic nitrogens is 2. The quantitative estimate of drug-likeness (QED) is 0.623. The number of aryl methyl sites for hydroxylation is 1. The van der Waals surface area contributed by atoms with Crippen molar-refractivity contribution in [3.8, 4) is 0 Å². The fourth-order valence-corrected chi connectivity index (χ4v) is 2.56. The van der Waals surface area contributed by atoms with Crippen molar-refractivity contribution >= 4 is 28.0 Å². The van der Waals surface area contributed by atoms with E-state index in [1.165, 1.54) is 18.4 Å². The molecule has 0 saturated heterocycles. The van der Waals surface area contributed by atoms with Crippen LogP contribution in [-0.2, 0) is 11.3 Å². The highest BCUT2D eigenvalue weighted by molar-refractivity contribution is 7.18. The summed E-state index contributed by atoms with van der Waals surface area (Å²) in [5, 5.41) is 4.12. The van der Waals surface area contributed by atoms with Gasteiger partial charge in [0, 0.05) is 25.5 Å². The van der Waals surface area contributed by atoms with Crippen molar-refractivity contribution in [1.82, 2.24) is 9.55 Å². The SMILES string of the molecule is COC(=O)c1sc(NCCCn2ccnc2)cc1N. The number of esters is 1. The number of nitrogens with two attached hydrogens (primary N) is 1. The zero-order valence-electron chi connectivity index (χ0n) is 10.6. The molecule has 0 aliphatic carbocycles. The lowest BCUT2D eigenvalue weighted by atomic mass is 10.4. The van der Waals surface area contributed by atoms with Crippen LogP contribution in [0.5, 0.6) is 0 Å². The molecule has 0 aliphatic rings. The van der Waals surface area contributed by atoms with Gasteiger partial charge in [0.1, 0.15) is 4.88 Å². The van der Waals surface area contributed by atoms with Gasteiger partial charge in [-0.15, -0.1) is 11.3 Å². The molecular weight excluding hydrogens is 264 g/mol. The van der Waals surface area contributed by atoms with Crippen molar-refractivity contribution in [2.24, 2.45) is 0 Å². The van der Waals surface area contributed by atoms with E-state index < -0.39 is 5.97 Å². The van der Waals surface area contributed by atoms with Crippen LogP contribution in [0.1, 0.15) is 16.1 Å². The van der Waals surface area contributed by atoms with Gasteiger partial charge in [0.2, 0.25) is 0 Å². The van der Waals surface area contributed by atoms with Gasteiger partial charge in [-0.1, -0.05) is 0 Å². The van der Waals surface area contributed by atoms with Gasteiger partial charge in [0.25, 0.3) is 0 Å². The molecule has 7 heteroatoms. The summed E-state index contributed by atoms with van der Waals surface area (Å²) < 4.78 is 6.68. The molecule has 0 aliphatic heterocycles. The first kappa shape index (κ1) is 13.4. The molecule has 2 heterocycles. The summed E-state index contributed by atoms with van der Waals surface area (Å²) in [5.41, 5.74) is 6.21. The fraction of sp³-hybridized carbons (Fsp3) is 0.333. The summed E-state index contributed by atoms with van der Waals surface area (Å²) in [4.78, 5) is 15.8. The number of hydrogen-bond donors (Lipinski definition) is 2. The van der Waals surface area contributed by atoms with Crippen molar-refractivity contribution in [1.29, 1.82) is 0 Å². The number of nitrogens with zero attached hydrogens (tertiary/aromatic N) is 2. The lowest BCUT2D eigenvalue weighted by molar-refractivity contribution is 0.0607. The maximum atomic E-state index is 11.4. The molecule has 0 radical (unpaired) electrons. The molecule has 0 saturated carbocycles. The van der Waals surface area contributed by atoms with E-state index in [0.717, 1.165) is 24.5 Å². The van der Waals surface area contributed by atoms with E-state index in [-0.39, 0.29) is 0 Å². The molecule has 0 bridgehead atoms.